The molecule has 0 aromatic heterocycles. The van der Waals surface area contributed by atoms with Crippen molar-refractivity contribution in [1.29, 1.82) is 0 Å². The van der Waals surface area contributed by atoms with Crippen LogP contribution in [-0.4, -0.2) is 36.3 Å². The van der Waals surface area contributed by atoms with Crippen LogP contribution in [0.2, 0.25) is 0 Å². The number of carbonyl (C=O) groups excluding carboxylic acids is 2. The molecule has 0 rings (SSSR count). The van der Waals surface area contributed by atoms with Crippen LogP contribution in [-0.2, 0) is 24.2 Å². The van der Waals surface area contributed by atoms with Crippen LogP contribution in [0, 0.1) is 21.7 Å². The number of hydrogen-bond donors (Lipinski definition) is 0. The molecule has 0 amide bonds. The molecule has 0 fully saturated rings. The Bertz CT molecular complexity index is 696. The van der Waals surface area contributed by atoms with Crippen LogP contribution in [0.4, 0.5) is 0 Å². The van der Waals surface area contributed by atoms with Crippen molar-refractivity contribution in [2.24, 2.45) is 21.7 Å². The number of Topliss-reactive ketones (excluding diaryl/α,β-unsaturated/α-hetero) is 1. The highest BCUT2D eigenvalue weighted by Gasteiger charge is 2.33. The van der Waals surface area contributed by atoms with Crippen LogP contribution in [0.1, 0.15) is 131 Å². The number of ketones is 1. The van der Waals surface area contributed by atoms with E-state index in [-0.39, 0.29) is 33.6 Å². The molecule has 0 aromatic carbocycles. The average molecular weight is 507 g/mol. The fourth-order valence-corrected chi connectivity index (χ4v) is 3.54. The van der Waals surface area contributed by atoms with E-state index in [0.717, 1.165) is 0 Å². The summed E-state index contributed by atoms with van der Waals surface area (Å²) in [5.74, 6) is 0.457. The topological polar surface area (TPSA) is 77.5 Å². The Morgan fingerprint density at radius 3 is 1.03 bits per heavy atom. The number of rotatable bonds is 2. The molecule has 0 saturated heterocycles. The van der Waals surface area contributed by atoms with Crippen molar-refractivity contribution < 1.29 is 22.7 Å². The maximum Gasteiger partial charge on any atom is 0.311 e. The third kappa shape index (κ3) is 21.6. The minimum atomic E-state index is -2.96. The Balaban J connectivity index is -0.000000425. The van der Waals surface area contributed by atoms with Crippen molar-refractivity contribution in [2.75, 3.05) is 5.75 Å². The molecule has 0 saturated carbocycles. The van der Waals surface area contributed by atoms with Crippen LogP contribution in [0.25, 0.3) is 0 Å². The molecule has 0 spiro atoms. The van der Waals surface area contributed by atoms with E-state index in [1.807, 2.05) is 83.1 Å². The van der Waals surface area contributed by atoms with E-state index in [2.05, 4.69) is 20.8 Å². The normalized spacial score (nSPS) is 13.7. The molecule has 0 aliphatic carbocycles. The Labute approximate surface area is 213 Å². The van der Waals surface area contributed by atoms with Gasteiger partial charge in [-0.25, -0.2) is 8.42 Å². The highest BCUT2D eigenvalue weighted by Crippen LogP contribution is 2.26. The lowest BCUT2D eigenvalue weighted by atomic mass is 9.80. The summed E-state index contributed by atoms with van der Waals surface area (Å²) in [4.78, 5) is 22.7. The third-order valence-electron chi connectivity index (χ3n) is 4.09. The molecular weight excluding hydrogens is 448 g/mol. The molecule has 0 N–H and O–H groups in total. The average Bonchev–Trinajstić information content (AvgIpc) is 2.38. The summed E-state index contributed by atoms with van der Waals surface area (Å²) in [5, 5.41) is 0. The zero-order valence-electron chi connectivity index (χ0n) is 25.9. The third-order valence-corrected chi connectivity index (χ3v) is 7.21. The molecule has 206 valence electrons. The Morgan fingerprint density at radius 1 is 0.588 bits per heavy atom. The number of ether oxygens (including phenoxy) is 1. The van der Waals surface area contributed by atoms with Gasteiger partial charge in [-0.1, -0.05) is 62.3 Å². The van der Waals surface area contributed by atoms with Crippen LogP contribution >= 0.6 is 0 Å². The number of esters is 1. The number of sulfone groups is 1. The number of carbonyl (C=O) groups is 2. The minimum Gasteiger partial charge on any atom is -0.460 e. The van der Waals surface area contributed by atoms with Gasteiger partial charge in [0.1, 0.15) is 11.4 Å². The second-order valence-electron chi connectivity index (χ2n) is 15.6. The van der Waals surface area contributed by atoms with Crippen LogP contribution in [0.15, 0.2) is 0 Å². The summed E-state index contributed by atoms with van der Waals surface area (Å²) in [6.45, 7) is 34.4. The lowest BCUT2D eigenvalue weighted by Crippen LogP contribution is -2.35. The SMILES string of the molecule is CC(C)(C)CC(=O)C(C)(C)C.CC(C)(C)CS(=O)(=O)C(C)(C)C.CC(C)(C)OC(=O)C(C)(C)C. The molecule has 0 heterocycles. The van der Waals surface area contributed by atoms with Crippen molar-refractivity contribution in [3.63, 3.8) is 0 Å². The lowest BCUT2D eigenvalue weighted by molar-refractivity contribution is -0.164. The molecule has 0 bridgehead atoms. The maximum atomic E-state index is 11.7. The van der Waals surface area contributed by atoms with E-state index in [9.17, 15) is 18.0 Å². The predicted octanol–water partition coefficient (Wildman–Crippen LogP) is 7.66. The standard InChI is InChI=1S/C10H20O.C9H20O2S.C9H18O2/c1-9(2,3)7-8(11)10(4,5)6;1-8(2,3)7-12(10,11)9(4,5)6;1-8(2,3)7(10)11-9(4,5)6/h7H2,1-6H3;7H2,1-6H3;1-6H3. The van der Waals surface area contributed by atoms with Gasteiger partial charge in [0.05, 0.1) is 15.9 Å². The van der Waals surface area contributed by atoms with Crippen molar-refractivity contribution >= 4 is 21.6 Å². The second-order valence-corrected chi connectivity index (χ2v) is 18.3. The van der Waals surface area contributed by atoms with Crippen LogP contribution in [0.5, 0.6) is 0 Å². The first-order valence-electron chi connectivity index (χ1n) is 12.2. The quantitative estimate of drug-likeness (QED) is 0.359. The van der Waals surface area contributed by atoms with E-state index in [1.165, 1.54) is 0 Å². The zero-order chi connectivity index (χ0) is 28.8. The van der Waals surface area contributed by atoms with Gasteiger partial charge in [-0.3, -0.25) is 9.59 Å². The summed E-state index contributed by atoms with van der Waals surface area (Å²) in [5.41, 5.74) is -0.957. The molecule has 6 heteroatoms. The van der Waals surface area contributed by atoms with Crippen molar-refractivity contribution in [3.05, 3.63) is 0 Å². The van der Waals surface area contributed by atoms with Crippen LogP contribution in [0.3, 0.4) is 0 Å². The molecular formula is C28H58O5S. The van der Waals surface area contributed by atoms with Crippen LogP contribution < -0.4 is 0 Å². The largest absolute Gasteiger partial charge is 0.460 e. The van der Waals surface area contributed by atoms with Crippen molar-refractivity contribution in [2.45, 2.75) is 141 Å². The molecule has 0 atom stereocenters. The second kappa shape index (κ2) is 12.4. The molecule has 0 aliphatic heterocycles. The summed E-state index contributed by atoms with van der Waals surface area (Å²) >= 11 is 0. The van der Waals surface area contributed by atoms with Crippen molar-refractivity contribution in [3.8, 4) is 0 Å². The monoisotopic (exact) mass is 506 g/mol. The predicted molar refractivity (Wildman–Crippen MR) is 147 cm³/mol. The summed E-state index contributed by atoms with van der Waals surface area (Å²) in [6, 6.07) is 0. The maximum absolute atomic E-state index is 11.7. The zero-order valence-corrected chi connectivity index (χ0v) is 26.7. The summed E-state index contributed by atoms with van der Waals surface area (Å²) in [6.07, 6.45) is 0.677. The lowest BCUT2D eigenvalue weighted by Gasteiger charge is -2.25. The van der Waals surface area contributed by atoms with Gasteiger partial charge in [-0.15, -0.1) is 0 Å². The van der Waals surface area contributed by atoms with Crippen molar-refractivity contribution in [1.82, 2.24) is 0 Å². The Morgan fingerprint density at radius 2 is 0.941 bits per heavy atom. The summed E-state index contributed by atoms with van der Waals surface area (Å²) < 4.78 is 27.9. The van der Waals surface area contributed by atoms with E-state index < -0.39 is 20.0 Å². The van der Waals surface area contributed by atoms with Gasteiger partial charge in [0.25, 0.3) is 0 Å². The van der Waals surface area contributed by atoms with Gasteiger partial charge in [0.2, 0.25) is 0 Å². The van der Waals surface area contributed by atoms with E-state index in [1.54, 1.807) is 20.8 Å². The Kier molecular flexibility index (Phi) is 13.7. The van der Waals surface area contributed by atoms with E-state index >= 15 is 0 Å². The molecule has 0 aliphatic rings. The molecule has 0 unspecified atom stereocenters. The highest BCUT2D eigenvalue weighted by atomic mass is 32.2. The summed E-state index contributed by atoms with van der Waals surface area (Å²) in [7, 11) is -2.96. The van der Waals surface area contributed by atoms with Gasteiger partial charge >= 0.3 is 5.97 Å². The number of hydrogen-bond acceptors (Lipinski definition) is 5. The van der Waals surface area contributed by atoms with Gasteiger partial charge in [-0.05, 0) is 73.1 Å². The first kappa shape index (κ1) is 37.6. The highest BCUT2D eigenvalue weighted by molar-refractivity contribution is 7.92. The van der Waals surface area contributed by atoms with Gasteiger partial charge < -0.3 is 4.74 Å². The molecule has 0 aromatic rings. The molecule has 34 heavy (non-hydrogen) atoms. The van der Waals surface area contributed by atoms with E-state index in [0.29, 0.717) is 12.2 Å². The minimum absolute atomic E-state index is 0.129. The fraction of sp³-hybridized carbons (Fsp3) is 0.929. The smallest absolute Gasteiger partial charge is 0.311 e. The first-order valence-corrected chi connectivity index (χ1v) is 13.9. The fourth-order valence-electron chi connectivity index (χ4n) is 1.96. The first-order chi connectivity index (χ1) is 14.2. The Hall–Kier alpha value is -0.910. The molecule has 0 radical (unpaired) electrons. The molecule has 5 nitrogen and oxygen atoms in total. The van der Waals surface area contributed by atoms with Gasteiger partial charge in [0, 0.05) is 11.8 Å². The van der Waals surface area contributed by atoms with E-state index in [4.69, 9.17) is 4.74 Å². The van der Waals surface area contributed by atoms with Gasteiger partial charge in [0.15, 0.2) is 9.84 Å². The van der Waals surface area contributed by atoms with Gasteiger partial charge in [-0.2, -0.15) is 0 Å².